The van der Waals surface area contributed by atoms with Crippen molar-refractivity contribution >= 4 is 0 Å². The third-order valence-corrected chi connectivity index (χ3v) is 3.51. The highest BCUT2D eigenvalue weighted by Crippen LogP contribution is 2.10. The maximum absolute atomic E-state index is 11.9. The van der Waals surface area contributed by atoms with Gasteiger partial charge in [0.05, 0.1) is 0 Å². The summed E-state index contributed by atoms with van der Waals surface area (Å²) in [6.07, 6.45) is 2.41. The van der Waals surface area contributed by atoms with Gasteiger partial charge in [-0.05, 0) is 33.2 Å². The molecule has 0 saturated carbocycles. The van der Waals surface area contributed by atoms with Crippen LogP contribution in [0.4, 0.5) is 0 Å². The molecule has 0 spiro atoms. The number of imidazole rings is 1. The van der Waals surface area contributed by atoms with Crippen molar-refractivity contribution in [1.29, 1.82) is 0 Å². The first-order valence-corrected chi connectivity index (χ1v) is 5.57. The lowest BCUT2D eigenvalue weighted by Crippen LogP contribution is -2.33. The van der Waals surface area contributed by atoms with E-state index < -0.39 is 0 Å². The van der Waals surface area contributed by atoms with Gasteiger partial charge in [-0.15, -0.1) is 0 Å². The van der Waals surface area contributed by atoms with Gasteiger partial charge in [-0.2, -0.15) is 0 Å². The Labute approximate surface area is 89.9 Å². The molecule has 84 valence electrons. The van der Waals surface area contributed by atoms with Gasteiger partial charge in [-0.3, -0.25) is 9.13 Å². The minimum atomic E-state index is 0.110. The second-order valence-electron chi connectivity index (χ2n) is 4.42. The van der Waals surface area contributed by atoms with Crippen molar-refractivity contribution in [2.75, 3.05) is 6.54 Å². The molecule has 1 aromatic rings. The quantitative estimate of drug-likeness (QED) is 0.773. The van der Waals surface area contributed by atoms with Gasteiger partial charge in [0.2, 0.25) is 0 Å². The normalized spacial score (nSPS) is 21.1. The van der Waals surface area contributed by atoms with Crippen LogP contribution in [0.15, 0.2) is 4.79 Å². The average molecular weight is 209 g/mol. The molecule has 0 amide bonds. The molecule has 4 heteroatoms. The van der Waals surface area contributed by atoms with E-state index >= 15 is 0 Å². The van der Waals surface area contributed by atoms with Crippen LogP contribution in [0.25, 0.3) is 0 Å². The summed E-state index contributed by atoms with van der Waals surface area (Å²) in [4.78, 5) is 11.9. The molecule has 0 aromatic carbocycles. The summed E-state index contributed by atoms with van der Waals surface area (Å²) in [5, 5.41) is 3.42. The van der Waals surface area contributed by atoms with Crippen LogP contribution in [0.3, 0.4) is 0 Å². The summed E-state index contributed by atoms with van der Waals surface area (Å²) < 4.78 is 3.61. The number of aromatic nitrogens is 2. The van der Waals surface area contributed by atoms with E-state index in [-0.39, 0.29) is 5.69 Å². The van der Waals surface area contributed by atoms with Gasteiger partial charge in [-0.1, -0.05) is 0 Å². The number of hydrogen-bond donors (Lipinski definition) is 1. The fraction of sp³-hybridized carbons (Fsp3) is 0.727. The Balaban J connectivity index is 2.27. The van der Waals surface area contributed by atoms with Crippen molar-refractivity contribution in [1.82, 2.24) is 14.5 Å². The third-order valence-electron chi connectivity index (χ3n) is 3.51. The first kappa shape index (κ1) is 10.5. The maximum Gasteiger partial charge on any atom is 0.328 e. The van der Waals surface area contributed by atoms with Gasteiger partial charge in [0.1, 0.15) is 0 Å². The van der Waals surface area contributed by atoms with Crippen molar-refractivity contribution < 1.29 is 0 Å². The van der Waals surface area contributed by atoms with Crippen molar-refractivity contribution in [3.05, 3.63) is 21.9 Å². The maximum atomic E-state index is 11.9. The largest absolute Gasteiger partial charge is 0.328 e. The fourth-order valence-corrected chi connectivity index (χ4v) is 2.25. The molecule has 1 N–H and O–H groups in total. The van der Waals surface area contributed by atoms with Crippen molar-refractivity contribution in [3.63, 3.8) is 0 Å². The number of nitrogens with zero attached hydrogens (tertiary/aromatic N) is 2. The summed E-state index contributed by atoms with van der Waals surface area (Å²) in [7, 11) is 1.84. The van der Waals surface area contributed by atoms with Gasteiger partial charge in [0, 0.05) is 31.0 Å². The minimum absolute atomic E-state index is 0.110. The predicted octanol–water partition coefficient (Wildman–Crippen LogP) is 0.556. The molecule has 2 heterocycles. The Hall–Kier alpha value is -1.03. The van der Waals surface area contributed by atoms with Crippen LogP contribution in [0.1, 0.15) is 24.2 Å². The first-order valence-electron chi connectivity index (χ1n) is 5.57. The van der Waals surface area contributed by atoms with Crippen LogP contribution in [-0.4, -0.2) is 21.7 Å². The summed E-state index contributed by atoms with van der Waals surface area (Å²) in [6.45, 7) is 5.91. The molecule has 2 rings (SSSR count). The zero-order chi connectivity index (χ0) is 11.0. The van der Waals surface area contributed by atoms with E-state index in [0.29, 0.717) is 6.04 Å². The summed E-state index contributed by atoms with van der Waals surface area (Å²) in [6, 6.07) is 0.475. The molecular formula is C11H19N3O. The van der Waals surface area contributed by atoms with Gasteiger partial charge in [-0.25, -0.2) is 4.79 Å². The van der Waals surface area contributed by atoms with Crippen LogP contribution in [0, 0.1) is 13.8 Å². The molecule has 1 aliphatic heterocycles. The number of hydrogen-bond acceptors (Lipinski definition) is 2. The van der Waals surface area contributed by atoms with Crippen LogP contribution in [0.5, 0.6) is 0 Å². The Morgan fingerprint density at radius 1 is 1.40 bits per heavy atom. The molecule has 0 radical (unpaired) electrons. The topological polar surface area (TPSA) is 39.0 Å². The number of rotatable bonds is 2. The molecule has 1 aromatic heterocycles. The predicted molar refractivity (Wildman–Crippen MR) is 60.2 cm³/mol. The van der Waals surface area contributed by atoms with Crippen molar-refractivity contribution in [3.8, 4) is 0 Å². The van der Waals surface area contributed by atoms with E-state index in [0.717, 1.165) is 24.5 Å². The SMILES string of the molecule is Cc1c(C)n(CC2CCCN2)c(=O)n1C. The van der Waals surface area contributed by atoms with Gasteiger partial charge < -0.3 is 5.32 Å². The van der Waals surface area contributed by atoms with Crippen LogP contribution in [0.2, 0.25) is 0 Å². The van der Waals surface area contributed by atoms with Crippen LogP contribution in [-0.2, 0) is 13.6 Å². The minimum Gasteiger partial charge on any atom is -0.312 e. The molecule has 4 nitrogen and oxygen atoms in total. The highest BCUT2D eigenvalue weighted by molar-refractivity contribution is 5.11. The van der Waals surface area contributed by atoms with Gasteiger partial charge >= 0.3 is 5.69 Å². The molecular weight excluding hydrogens is 190 g/mol. The highest BCUT2D eigenvalue weighted by Gasteiger charge is 2.18. The van der Waals surface area contributed by atoms with Crippen LogP contribution >= 0.6 is 0 Å². The summed E-state index contributed by atoms with van der Waals surface area (Å²) in [5.41, 5.74) is 2.27. The van der Waals surface area contributed by atoms with E-state index in [4.69, 9.17) is 0 Å². The lowest BCUT2D eigenvalue weighted by molar-refractivity contribution is 0.490. The summed E-state index contributed by atoms with van der Waals surface area (Å²) >= 11 is 0. The van der Waals surface area contributed by atoms with Crippen molar-refractivity contribution in [2.24, 2.45) is 7.05 Å². The van der Waals surface area contributed by atoms with E-state index in [1.807, 2.05) is 25.5 Å². The van der Waals surface area contributed by atoms with E-state index in [9.17, 15) is 4.79 Å². The Kier molecular flexibility index (Phi) is 2.69. The average Bonchev–Trinajstić information content (AvgIpc) is 2.79. The standard InChI is InChI=1S/C11H19N3O/c1-8-9(2)14(11(15)13(8)3)7-10-5-4-6-12-10/h10,12H,4-7H2,1-3H3. The van der Waals surface area contributed by atoms with E-state index in [2.05, 4.69) is 5.32 Å². The second-order valence-corrected chi connectivity index (χ2v) is 4.42. The molecule has 0 bridgehead atoms. The Bertz CT molecular complexity index is 410. The van der Waals surface area contributed by atoms with Gasteiger partial charge in [0.25, 0.3) is 0 Å². The zero-order valence-corrected chi connectivity index (χ0v) is 9.71. The molecule has 1 unspecified atom stereocenters. The lowest BCUT2D eigenvalue weighted by atomic mass is 10.2. The van der Waals surface area contributed by atoms with Crippen LogP contribution < -0.4 is 11.0 Å². The summed E-state index contributed by atoms with van der Waals surface area (Å²) in [5.74, 6) is 0. The molecule has 1 saturated heterocycles. The molecule has 15 heavy (non-hydrogen) atoms. The van der Waals surface area contributed by atoms with E-state index in [1.54, 1.807) is 4.57 Å². The highest BCUT2D eigenvalue weighted by atomic mass is 16.1. The van der Waals surface area contributed by atoms with E-state index in [1.165, 1.54) is 12.8 Å². The number of nitrogens with one attached hydrogen (secondary N) is 1. The molecule has 1 aliphatic rings. The monoisotopic (exact) mass is 209 g/mol. The van der Waals surface area contributed by atoms with Crippen molar-refractivity contribution in [2.45, 2.75) is 39.3 Å². The third kappa shape index (κ3) is 1.74. The first-order chi connectivity index (χ1) is 7.11. The lowest BCUT2D eigenvalue weighted by Gasteiger charge is -2.11. The molecule has 0 aliphatic carbocycles. The zero-order valence-electron chi connectivity index (χ0n) is 9.71. The molecule has 1 atom stereocenters. The Morgan fingerprint density at radius 2 is 2.13 bits per heavy atom. The Morgan fingerprint density at radius 3 is 2.60 bits per heavy atom. The second kappa shape index (κ2) is 3.85. The molecule has 1 fully saturated rings. The smallest absolute Gasteiger partial charge is 0.312 e. The fourth-order valence-electron chi connectivity index (χ4n) is 2.25. The van der Waals surface area contributed by atoms with Gasteiger partial charge in [0.15, 0.2) is 0 Å².